The third-order valence-electron chi connectivity index (χ3n) is 2.64. The van der Waals surface area contributed by atoms with Crippen molar-refractivity contribution in [2.75, 3.05) is 13.0 Å². The predicted octanol–water partition coefficient (Wildman–Crippen LogP) is 1.91. The van der Waals surface area contributed by atoms with Crippen LogP contribution in [0.2, 0.25) is 0 Å². The summed E-state index contributed by atoms with van der Waals surface area (Å²) in [6.45, 7) is 0. The number of carbonyl (C=O) groups is 2. The van der Waals surface area contributed by atoms with Gasteiger partial charge in [0.25, 0.3) is 0 Å². The molecule has 19 heavy (non-hydrogen) atoms. The van der Waals surface area contributed by atoms with Gasteiger partial charge in [-0.2, -0.15) is 0 Å². The third kappa shape index (κ3) is 5.75. The number of halogens is 1. The second kappa shape index (κ2) is 8.53. The first-order valence-electron chi connectivity index (χ1n) is 6.14. The van der Waals surface area contributed by atoms with Crippen LogP contribution in [0.25, 0.3) is 0 Å². The fourth-order valence-corrected chi connectivity index (χ4v) is 1.81. The molecule has 1 atom stereocenters. The maximum atomic E-state index is 11.7. The molecule has 0 saturated heterocycles. The minimum absolute atomic E-state index is 0.188. The number of ether oxygens (including phenoxy) is 1. The molecule has 1 rings (SSSR count). The van der Waals surface area contributed by atoms with Crippen molar-refractivity contribution >= 4 is 23.5 Å². The molecule has 0 saturated carbocycles. The largest absolute Gasteiger partial charge is 0.467 e. The highest BCUT2D eigenvalue weighted by atomic mass is 35.5. The molecular weight excluding hydrogens is 266 g/mol. The lowest BCUT2D eigenvalue weighted by molar-refractivity contribution is -0.145. The van der Waals surface area contributed by atoms with Crippen molar-refractivity contribution in [1.82, 2.24) is 5.32 Å². The molecule has 0 aliphatic carbocycles. The van der Waals surface area contributed by atoms with E-state index >= 15 is 0 Å². The molecule has 0 radical (unpaired) electrons. The Morgan fingerprint density at radius 2 is 2.00 bits per heavy atom. The van der Waals surface area contributed by atoms with E-state index in [-0.39, 0.29) is 5.91 Å². The number of nitrogens with one attached hydrogen (secondary N) is 1. The fourth-order valence-electron chi connectivity index (χ4n) is 1.68. The highest BCUT2D eigenvalue weighted by Crippen LogP contribution is 2.05. The fraction of sp³-hybridized carbons (Fsp3) is 0.429. The highest BCUT2D eigenvalue weighted by molar-refractivity contribution is 6.17. The van der Waals surface area contributed by atoms with Crippen LogP contribution in [0.4, 0.5) is 0 Å². The zero-order valence-corrected chi connectivity index (χ0v) is 11.7. The molecule has 1 aromatic carbocycles. The first-order chi connectivity index (χ1) is 9.17. The Hall–Kier alpha value is -1.55. The van der Waals surface area contributed by atoms with Gasteiger partial charge in [0.05, 0.1) is 7.11 Å². The van der Waals surface area contributed by atoms with Gasteiger partial charge in [0.1, 0.15) is 6.04 Å². The van der Waals surface area contributed by atoms with Crippen molar-refractivity contribution in [2.45, 2.75) is 25.3 Å². The quantitative estimate of drug-likeness (QED) is 0.614. The number of amides is 1. The van der Waals surface area contributed by atoms with E-state index in [0.29, 0.717) is 25.1 Å². The van der Waals surface area contributed by atoms with Crippen molar-refractivity contribution in [3.8, 4) is 0 Å². The van der Waals surface area contributed by atoms with E-state index in [9.17, 15) is 9.59 Å². The Morgan fingerprint density at radius 1 is 1.32 bits per heavy atom. The summed E-state index contributed by atoms with van der Waals surface area (Å²) in [4.78, 5) is 23.3. The number of alkyl halides is 1. The molecule has 0 spiro atoms. The minimum atomic E-state index is -0.657. The smallest absolute Gasteiger partial charge is 0.328 e. The molecule has 0 heterocycles. The molecule has 1 aromatic rings. The molecule has 4 nitrogen and oxygen atoms in total. The van der Waals surface area contributed by atoms with Gasteiger partial charge in [-0.25, -0.2) is 4.79 Å². The van der Waals surface area contributed by atoms with E-state index in [1.807, 2.05) is 30.3 Å². The van der Waals surface area contributed by atoms with Crippen molar-refractivity contribution in [2.24, 2.45) is 0 Å². The molecule has 0 fully saturated rings. The zero-order valence-electron chi connectivity index (χ0n) is 10.9. The van der Waals surface area contributed by atoms with Crippen LogP contribution in [-0.4, -0.2) is 30.9 Å². The monoisotopic (exact) mass is 283 g/mol. The van der Waals surface area contributed by atoms with Gasteiger partial charge in [-0.15, -0.1) is 11.6 Å². The summed E-state index contributed by atoms with van der Waals surface area (Å²) < 4.78 is 4.71. The van der Waals surface area contributed by atoms with Crippen LogP contribution in [0, 0.1) is 0 Å². The summed E-state index contributed by atoms with van der Waals surface area (Å²) >= 11 is 5.53. The second-order valence-corrected chi connectivity index (χ2v) is 4.50. The van der Waals surface area contributed by atoms with Gasteiger partial charge >= 0.3 is 5.97 Å². The van der Waals surface area contributed by atoms with Gasteiger partial charge in [-0.3, -0.25) is 4.79 Å². The second-order valence-electron chi connectivity index (χ2n) is 4.13. The molecule has 5 heteroatoms. The van der Waals surface area contributed by atoms with Crippen LogP contribution in [0.5, 0.6) is 0 Å². The van der Waals surface area contributed by atoms with E-state index < -0.39 is 12.0 Å². The minimum Gasteiger partial charge on any atom is -0.467 e. The Labute approximate surface area is 118 Å². The molecule has 0 aliphatic heterocycles. The first-order valence-corrected chi connectivity index (χ1v) is 6.68. The lowest BCUT2D eigenvalue weighted by Crippen LogP contribution is -2.43. The number of esters is 1. The average molecular weight is 284 g/mol. The average Bonchev–Trinajstić information content (AvgIpc) is 2.44. The maximum absolute atomic E-state index is 11.7. The van der Waals surface area contributed by atoms with Crippen LogP contribution < -0.4 is 5.32 Å². The van der Waals surface area contributed by atoms with Crippen LogP contribution in [0.15, 0.2) is 30.3 Å². The summed E-state index contributed by atoms with van der Waals surface area (Å²) in [5.41, 5.74) is 0.968. The predicted molar refractivity (Wildman–Crippen MR) is 74.0 cm³/mol. The summed E-state index contributed by atoms with van der Waals surface area (Å²) in [5, 5.41) is 2.68. The van der Waals surface area contributed by atoms with Crippen LogP contribution >= 0.6 is 11.6 Å². The van der Waals surface area contributed by atoms with Crippen LogP contribution in [0.3, 0.4) is 0 Å². The topological polar surface area (TPSA) is 55.4 Å². The first kappa shape index (κ1) is 15.5. The molecule has 0 aliphatic rings. The third-order valence-corrected chi connectivity index (χ3v) is 2.91. The lowest BCUT2D eigenvalue weighted by Gasteiger charge is -2.16. The van der Waals surface area contributed by atoms with Crippen LogP contribution in [-0.2, 0) is 20.7 Å². The van der Waals surface area contributed by atoms with Crippen molar-refractivity contribution in [1.29, 1.82) is 0 Å². The van der Waals surface area contributed by atoms with Gasteiger partial charge in [0, 0.05) is 18.7 Å². The number of hydrogen-bond donors (Lipinski definition) is 1. The number of rotatable bonds is 7. The maximum Gasteiger partial charge on any atom is 0.328 e. The summed E-state index contributed by atoms with van der Waals surface area (Å²) in [6, 6.07) is 8.82. The normalized spacial score (nSPS) is 11.7. The summed E-state index contributed by atoms with van der Waals surface area (Å²) in [6.07, 6.45) is 1.32. The molecule has 1 N–H and O–H groups in total. The van der Waals surface area contributed by atoms with Crippen molar-refractivity contribution in [3.05, 3.63) is 35.9 Å². The van der Waals surface area contributed by atoms with E-state index in [4.69, 9.17) is 16.3 Å². The Balaban J connectivity index is 2.62. The van der Waals surface area contributed by atoms with Gasteiger partial charge in [0.15, 0.2) is 0 Å². The van der Waals surface area contributed by atoms with Gasteiger partial charge in [0.2, 0.25) is 5.91 Å². The molecule has 1 amide bonds. The molecule has 1 unspecified atom stereocenters. The number of carbonyl (C=O) groups excluding carboxylic acids is 2. The SMILES string of the molecule is COC(=O)C(Cc1ccccc1)NC(=O)CCCCl. The Morgan fingerprint density at radius 3 is 2.58 bits per heavy atom. The summed E-state index contributed by atoms with van der Waals surface area (Å²) in [5.74, 6) is -0.204. The van der Waals surface area contributed by atoms with Crippen molar-refractivity contribution in [3.63, 3.8) is 0 Å². The summed E-state index contributed by atoms with van der Waals surface area (Å²) in [7, 11) is 1.31. The zero-order chi connectivity index (χ0) is 14.1. The van der Waals surface area contributed by atoms with E-state index in [1.165, 1.54) is 7.11 Å². The van der Waals surface area contributed by atoms with E-state index in [1.54, 1.807) is 0 Å². The number of benzene rings is 1. The molecular formula is C14H18ClNO3. The van der Waals surface area contributed by atoms with Gasteiger partial charge < -0.3 is 10.1 Å². The highest BCUT2D eigenvalue weighted by Gasteiger charge is 2.21. The van der Waals surface area contributed by atoms with Crippen LogP contribution in [0.1, 0.15) is 18.4 Å². The van der Waals surface area contributed by atoms with E-state index in [0.717, 1.165) is 5.56 Å². The van der Waals surface area contributed by atoms with Gasteiger partial charge in [-0.05, 0) is 12.0 Å². The number of hydrogen-bond acceptors (Lipinski definition) is 3. The van der Waals surface area contributed by atoms with E-state index in [2.05, 4.69) is 5.32 Å². The molecule has 104 valence electrons. The van der Waals surface area contributed by atoms with Crippen molar-refractivity contribution < 1.29 is 14.3 Å². The standard InChI is InChI=1S/C14H18ClNO3/c1-19-14(18)12(16-13(17)8-5-9-15)10-11-6-3-2-4-7-11/h2-4,6-7,12H,5,8-10H2,1H3,(H,16,17). The Kier molecular flexibility index (Phi) is 6.97. The Bertz CT molecular complexity index is 408. The molecule has 0 aromatic heterocycles. The number of methoxy groups -OCH3 is 1. The van der Waals surface area contributed by atoms with Gasteiger partial charge in [-0.1, -0.05) is 30.3 Å². The molecule has 0 bridgehead atoms. The lowest BCUT2D eigenvalue weighted by atomic mass is 10.1.